The molecule has 2 amide bonds. The Balaban J connectivity index is 1.44. The van der Waals surface area contributed by atoms with Gasteiger partial charge >= 0.3 is 0 Å². The van der Waals surface area contributed by atoms with Gasteiger partial charge in [0.1, 0.15) is 11.6 Å². The van der Waals surface area contributed by atoms with Crippen LogP contribution in [0, 0.1) is 12.8 Å². The van der Waals surface area contributed by atoms with Crippen LogP contribution in [-0.2, 0) is 22.6 Å². The molecule has 2 aliphatic heterocycles. The quantitative estimate of drug-likeness (QED) is 0.688. The molecule has 0 spiro atoms. The van der Waals surface area contributed by atoms with Crippen molar-refractivity contribution in [3.63, 3.8) is 0 Å². The largest absolute Gasteiger partial charge is 0.497 e. The van der Waals surface area contributed by atoms with Gasteiger partial charge in [-0.05, 0) is 56.7 Å². The van der Waals surface area contributed by atoms with Crippen LogP contribution < -0.4 is 9.64 Å². The van der Waals surface area contributed by atoms with Gasteiger partial charge in [-0.25, -0.2) is 9.97 Å². The summed E-state index contributed by atoms with van der Waals surface area (Å²) in [5.74, 6) is 2.64. The molecule has 3 heterocycles. The summed E-state index contributed by atoms with van der Waals surface area (Å²) >= 11 is 0. The summed E-state index contributed by atoms with van der Waals surface area (Å²) in [6.45, 7) is 3.19. The van der Waals surface area contributed by atoms with E-state index in [0.29, 0.717) is 24.6 Å². The van der Waals surface area contributed by atoms with Gasteiger partial charge in [-0.1, -0.05) is 25.0 Å². The number of hydrogen-bond acceptors (Lipinski definition) is 5. The van der Waals surface area contributed by atoms with Crippen molar-refractivity contribution in [3.8, 4) is 5.75 Å². The van der Waals surface area contributed by atoms with E-state index in [-0.39, 0.29) is 23.8 Å². The van der Waals surface area contributed by atoms with Crippen molar-refractivity contribution < 1.29 is 14.3 Å². The second kappa shape index (κ2) is 9.12. The number of carbonyl (C=O) groups excluding carboxylic acids is 2. The minimum absolute atomic E-state index is 0.0397. The molecule has 174 valence electrons. The summed E-state index contributed by atoms with van der Waals surface area (Å²) < 4.78 is 5.25. The molecule has 1 aromatic heterocycles. The van der Waals surface area contributed by atoms with Crippen LogP contribution in [-0.4, -0.2) is 40.3 Å². The third-order valence-electron chi connectivity index (χ3n) is 7.38. The molecule has 7 nitrogen and oxygen atoms in total. The van der Waals surface area contributed by atoms with Gasteiger partial charge in [0.05, 0.1) is 26.1 Å². The predicted octanol–water partition coefficient (Wildman–Crippen LogP) is 4.13. The fraction of sp³-hybridized carbons (Fsp3) is 0.538. The van der Waals surface area contributed by atoms with Gasteiger partial charge < -0.3 is 9.64 Å². The van der Waals surface area contributed by atoms with Crippen molar-refractivity contribution in [2.75, 3.05) is 18.6 Å². The second-order valence-corrected chi connectivity index (χ2v) is 9.50. The van der Waals surface area contributed by atoms with Gasteiger partial charge in [-0.3, -0.25) is 14.5 Å². The Hall–Kier alpha value is -2.96. The molecule has 2 aromatic rings. The smallest absolute Gasteiger partial charge is 0.233 e. The highest BCUT2D eigenvalue weighted by Gasteiger charge is 2.37. The molecular weight excluding hydrogens is 416 g/mol. The molecule has 0 bridgehead atoms. The number of fused-ring (bicyclic) bond motifs is 1. The van der Waals surface area contributed by atoms with Gasteiger partial charge in [0.15, 0.2) is 5.82 Å². The van der Waals surface area contributed by atoms with Gasteiger partial charge in [0.2, 0.25) is 11.8 Å². The lowest BCUT2D eigenvalue weighted by molar-refractivity contribution is -0.139. The molecule has 0 unspecified atom stereocenters. The Morgan fingerprint density at radius 3 is 2.52 bits per heavy atom. The van der Waals surface area contributed by atoms with E-state index in [1.54, 1.807) is 12.0 Å². The highest BCUT2D eigenvalue weighted by Crippen LogP contribution is 2.37. The van der Waals surface area contributed by atoms with E-state index in [4.69, 9.17) is 14.7 Å². The minimum Gasteiger partial charge on any atom is -0.497 e. The number of methoxy groups -OCH3 is 1. The Morgan fingerprint density at radius 2 is 1.79 bits per heavy atom. The van der Waals surface area contributed by atoms with Crippen LogP contribution in [0.25, 0.3) is 0 Å². The summed E-state index contributed by atoms with van der Waals surface area (Å²) in [5.41, 5.74) is 2.77. The van der Waals surface area contributed by atoms with Crippen molar-refractivity contribution in [1.29, 1.82) is 0 Å². The number of amides is 2. The number of carbonyl (C=O) groups is 2. The van der Waals surface area contributed by atoms with E-state index in [1.807, 2.05) is 36.1 Å². The number of nitrogens with zero attached hydrogens (tertiary/aromatic N) is 4. The lowest BCUT2D eigenvalue weighted by atomic mass is 9.97. The highest BCUT2D eigenvalue weighted by atomic mass is 16.5. The zero-order chi connectivity index (χ0) is 22.9. The first-order chi connectivity index (χ1) is 16.0. The summed E-state index contributed by atoms with van der Waals surface area (Å²) in [5, 5.41) is 0. The molecule has 7 heteroatoms. The van der Waals surface area contributed by atoms with Crippen LogP contribution in [0.5, 0.6) is 5.75 Å². The molecule has 1 saturated carbocycles. The number of likely N-dealkylation sites (tertiary alicyclic amines) is 1. The van der Waals surface area contributed by atoms with Crippen LogP contribution >= 0.6 is 0 Å². The summed E-state index contributed by atoms with van der Waals surface area (Å²) in [6, 6.07) is 7.66. The van der Waals surface area contributed by atoms with Gasteiger partial charge in [0, 0.05) is 23.7 Å². The molecule has 0 N–H and O–H groups in total. The first kappa shape index (κ1) is 21.9. The maximum Gasteiger partial charge on any atom is 0.233 e. The Bertz CT molecular complexity index is 1050. The topological polar surface area (TPSA) is 75.6 Å². The molecule has 1 saturated heterocycles. The maximum absolute atomic E-state index is 13.3. The molecule has 0 radical (unpaired) electrons. The van der Waals surface area contributed by atoms with Crippen LogP contribution in [0.15, 0.2) is 24.3 Å². The zero-order valence-corrected chi connectivity index (χ0v) is 19.5. The van der Waals surface area contributed by atoms with Crippen molar-refractivity contribution in [2.24, 2.45) is 5.92 Å². The average molecular weight is 449 g/mol. The Kier molecular flexibility index (Phi) is 6.04. The molecule has 1 aromatic carbocycles. The highest BCUT2D eigenvalue weighted by molar-refractivity contribution is 6.00. The molecule has 1 atom stereocenters. The molecule has 5 rings (SSSR count). The molecule has 33 heavy (non-hydrogen) atoms. The zero-order valence-electron chi connectivity index (χ0n) is 19.5. The number of piperidine rings is 1. The lowest BCUT2D eigenvalue weighted by Crippen LogP contribution is -2.42. The predicted molar refractivity (Wildman–Crippen MR) is 125 cm³/mol. The van der Waals surface area contributed by atoms with E-state index in [1.165, 1.54) is 0 Å². The van der Waals surface area contributed by atoms with E-state index in [2.05, 4.69) is 0 Å². The van der Waals surface area contributed by atoms with Crippen LogP contribution in [0.4, 0.5) is 5.82 Å². The SMILES string of the molecule is COc1ccc(CN2C(=O)Cc3c(C)nc([C@@H]4CCCCN4C(=O)C4CCCC4)nc32)cc1. The fourth-order valence-corrected chi connectivity index (χ4v) is 5.49. The van der Waals surface area contributed by atoms with E-state index in [9.17, 15) is 9.59 Å². The maximum atomic E-state index is 13.3. The third kappa shape index (κ3) is 4.21. The number of aromatic nitrogens is 2. The molecule has 2 fully saturated rings. The third-order valence-corrected chi connectivity index (χ3v) is 7.38. The standard InChI is InChI=1S/C26H32N4O3/c1-17-21-15-23(31)30(16-18-10-12-20(33-2)13-11-18)25(21)28-24(27-17)22-9-5-6-14-29(22)26(32)19-7-3-4-8-19/h10-13,19,22H,3-9,14-16H2,1-2H3/t22-/m0/s1. The second-order valence-electron chi connectivity index (χ2n) is 9.50. The number of ether oxygens (including phenoxy) is 1. The van der Waals surface area contributed by atoms with Gasteiger partial charge in [-0.15, -0.1) is 0 Å². The monoisotopic (exact) mass is 448 g/mol. The van der Waals surface area contributed by atoms with Crippen molar-refractivity contribution >= 4 is 17.6 Å². The molecule has 3 aliphatic rings. The summed E-state index contributed by atoms with van der Waals surface area (Å²) in [7, 11) is 1.64. The number of hydrogen-bond donors (Lipinski definition) is 0. The van der Waals surface area contributed by atoms with E-state index in [0.717, 1.165) is 74.1 Å². The van der Waals surface area contributed by atoms with Crippen LogP contribution in [0.1, 0.15) is 73.6 Å². The number of anilines is 1. The van der Waals surface area contributed by atoms with E-state index < -0.39 is 0 Å². The Labute approximate surface area is 195 Å². The van der Waals surface area contributed by atoms with Crippen molar-refractivity contribution in [1.82, 2.24) is 14.9 Å². The van der Waals surface area contributed by atoms with Crippen molar-refractivity contribution in [3.05, 3.63) is 46.9 Å². The van der Waals surface area contributed by atoms with Crippen LogP contribution in [0.2, 0.25) is 0 Å². The average Bonchev–Trinajstić information content (AvgIpc) is 3.48. The summed E-state index contributed by atoms with van der Waals surface area (Å²) in [6.07, 6.45) is 7.58. The minimum atomic E-state index is -0.102. The first-order valence-electron chi connectivity index (χ1n) is 12.2. The normalized spacial score (nSPS) is 20.9. The van der Waals surface area contributed by atoms with Crippen molar-refractivity contribution in [2.45, 2.75) is 70.9 Å². The Morgan fingerprint density at radius 1 is 1.06 bits per heavy atom. The lowest BCUT2D eigenvalue weighted by Gasteiger charge is -2.36. The van der Waals surface area contributed by atoms with Gasteiger partial charge in [0.25, 0.3) is 0 Å². The summed E-state index contributed by atoms with van der Waals surface area (Å²) in [4.78, 5) is 39.8. The van der Waals surface area contributed by atoms with E-state index >= 15 is 0 Å². The first-order valence-corrected chi connectivity index (χ1v) is 12.2. The number of aryl methyl sites for hydroxylation is 1. The van der Waals surface area contributed by atoms with Gasteiger partial charge in [-0.2, -0.15) is 0 Å². The fourth-order valence-electron chi connectivity index (χ4n) is 5.49. The molecular formula is C26H32N4O3. The van der Waals surface area contributed by atoms with Crippen LogP contribution in [0.3, 0.4) is 0 Å². The number of rotatable bonds is 5. The molecule has 1 aliphatic carbocycles. The number of benzene rings is 1.